The molecule has 14 heavy (non-hydrogen) atoms. The third-order valence-corrected chi connectivity index (χ3v) is 2.10. The van der Waals surface area contributed by atoms with Gasteiger partial charge in [-0.05, 0) is 28.1 Å². The Morgan fingerprint density at radius 3 is 2.29 bits per heavy atom. The number of hydrogen-bond donors (Lipinski definition) is 0. The van der Waals surface area contributed by atoms with Crippen LogP contribution in [-0.2, 0) is 6.18 Å². The Labute approximate surface area is 85.1 Å². The molecule has 0 aromatic heterocycles. The third-order valence-electron chi connectivity index (χ3n) is 1.47. The molecule has 1 aromatic carbocycles. The van der Waals surface area contributed by atoms with Crippen LogP contribution < -0.4 is 0 Å². The first-order valence-corrected chi connectivity index (χ1v) is 4.12. The van der Waals surface area contributed by atoms with Crippen molar-refractivity contribution in [3.05, 3.63) is 33.5 Å². The van der Waals surface area contributed by atoms with Crippen molar-refractivity contribution in [1.82, 2.24) is 0 Å². The summed E-state index contributed by atoms with van der Waals surface area (Å²) in [7, 11) is 0. The monoisotopic (exact) mass is 267 g/mol. The van der Waals surface area contributed by atoms with Gasteiger partial charge in [0, 0.05) is 4.47 Å². The quantitative estimate of drug-likeness (QED) is 0.661. The summed E-state index contributed by atoms with van der Waals surface area (Å²) in [6.45, 7) is 0. The van der Waals surface area contributed by atoms with Crippen LogP contribution in [0.4, 0.5) is 17.6 Å². The highest BCUT2D eigenvalue weighted by Crippen LogP contribution is 2.35. The molecule has 1 nitrogen and oxygen atoms in total. The minimum atomic E-state index is -4.73. The van der Waals surface area contributed by atoms with Gasteiger partial charge in [0.25, 0.3) is 0 Å². The van der Waals surface area contributed by atoms with Gasteiger partial charge in [0.1, 0.15) is 11.9 Å². The summed E-state index contributed by atoms with van der Waals surface area (Å²) in [5.41, 5.74) is -1.88. The Hall–Kier alpha value is -1.09. The van der Waals surface area contributed by atoms with E-state index in [1.807, 2.05) is 0 Å². The second-order valence-corrected chi connectivity index (χ2v) is 3.27. The predicted molar refractivity (Wildman–Crippen MR) is 43.8 cm³/mol. The van der Waals surface area contributed by atoms with Gasteiger partial charge in [-0.1, -0.05) is 0 Å². The molecule has 0 saturated heterocycles. The van der Waals surface area contributed by atoms with Crippen molar-refractivity contribution in [1.29, 1.82) is 5.26 Å². The lowest BCUT2D eigenvalue weighted by Crippen LogP contribution is -2.08. The lowest BCUT2D eigenvalue weighted by atomic mass is 10.1. The zero-order valence-electron chi connectivity index (χ0n) is 6.49. The van der Waals surface area contributed by atoms with Crippen LogP contribution in [-0.4, -0.2) is 0 Å². The van der Waals surface area contributed by atoms with E-state index in [0.717, 1.165) is 6.07 Å². The molecular formula is C8H2BrF4N. The van der Waals surface area contributed by atoms with E-state index in [4.69, 9.17) is 5.26 Å². The molecule has 1 aromatic rings. The van der Waals surface area contributed by atoms with Crippen LogP contribution in [0.3, 0.4) is 0 Å². The molecule has 0 bridgehead atoms. The number of rotatable bonds is 0. The zero-order chi connectivity index (χ0) is 10.9. The van der Waals surface area contributed by atoms with Crippen LogP contribution in [0.15, 0.2) is 16.6 Å². The fourth-order valence-electron chi connectivity index (χ4n) is 0.911. The first-order valence-electron chi connectivity index (χ1n) is 3.32. The Morgan fingerprint density at radius 2 is 1.86 bits per heavy atom. The second-order valence-electron chi connectivity index (χ2n) is 2.42. The highest BCUT2D eigenvalue weighted by Gasteiger charge is 2.35. The van der Waals surface area contributed by atoms with E-state index in [-0.39, 0.29) is 4.47 Å². The highest BCUT2D eigenvalue weighted by atomic mass is 79.9. The summed E-state index contributed by atoms with van der Waals surface area (Å²) < 4.78 is 49.2. The van der Waals surface area contributed by atoms with Crippen molar-refractivity contribution in [3.8, 4) is 6.07 Å². The van der Waals surface area contributed by atoms with Crippen LogP contribution in [0.1, 0.15) is 11.1 Å². The van der Waals surface area contributed by atoms with Gasteiger partial charge in [0.2, 0.25) is 0 Å². The van der Waals surface area contributed by atoms with Gasteiger partial charge in [0.05, 0.1) is 11.1 Å². The van der Waals surface area contributed by atoms with Crippen LogP contribution in [0, 0.1) is 17.1 Å². The minimum absolute atomic E-state index is 0.202. The fraction of sp³-hybridized carbons (Fsp3) is 0.125. The van der Waals surface area contributed by atoms with Crippen molar-refractivity contribution in [2.45, 2.75) is 6.18 Å². The molecule has 6 heteroatoms. The van der Waals surface area contributed by atoms with Crippen molar-refractivity contribution < 1.29 is 17.6 Å². The van der Waals surface area contributed by atoms with E-state index in [2.05, 4.69) is 15.9 Å². The van der Waals surface area contributed by atoms with Gasteiger partial charge in [-0.3, -0.25) is 0 Å². The first-order chi connectivity index (χ1) is 6.36. The molecule has 0 N–H and O–H groups in total. The lowest BCUT2D eigenvalue weighted by Gasteiger charge is -2.09. The lowest BCUT2D eigenvalue weighted by molar-refractivity contribution is -0.138. The maximum Gasteiger partial charge on any atom is 0.417 e. The molecule has 0 amide bonds. The molecule has 74 valence electrons. The second kappa shape index (κ2) is 3.58. The van der Waals surface area contributed by atoms with Crippen molar-refractivity contribution in [3.63, 3.8) is 0 Å². The van der Waals surface area contributed by atoms with Gasteiger partial charge < -0.3 is 0 Å². The summed E-state index contributed by atoms with van der Waals surface area (Å²) in [5.74, 6) is -1.04. The van der Waals surface area contributed by atoms with Crippen molar-refractivity contribution >= 4 is 15.9 Å². The molecule has 0 fully saturated rings. The summed E-state index contributed by atoms with van der Waals surface area (Å²) >= 11 is 2.69. The van der Waals surface area contributed by atoms with Gasteiger partial charge >= 0.3 is 6.18 Å². The number of benzene rings is 1. The maximum absolute atomic E-state index is 12.6. The average molecular weight is 268 g/mol. The van der Waals surface area contributed by atoms with Crippen LogP contribution in [0.5, 0.6) is 0 Å². The summed E-state index contributed by atoms with van der Waals surface area (Å²) in [6.07, 6.45) is -4.73. The Bertz CT molecular complexity index is 405. The van der Waals surface area contributed by atoms with Crippen LogP contribution in [0.25, 0.3) is 0 Å². The summed E-state index contributed by atoms with van der Waals surface area (Å²) in [5, 5.41) is 8.45. The largest absolute Gasteiger partial charge is 0.417 e. The fourth-order valence-corrected chi connectivity index (χ4v) is 1.43. The molecule has 0 aliphatic carbocycles. The molecule has 1 rings (SSSR count). The molecular weight excluding hydrogens is 266 g/mol. The normalized spacial score (nSPS) is 11.1. The molecule has 0 heterocycles. The van der Waals surface area contributed by atoms with Crippen LogP contribution >= 0.6 is 15.9 Å². The SMILES string of the molecule is N#Cc1c(Br)cc(F)cc1C(F)(F)F. The van der Waals surface area contributed by atoms with Gasteiger partial charge in [0.15, 0.2) is 0 Å². The van der Waals surface area contributed by atoms with Crippen molar-refractivity contribution in [2.75, 3.05) is 0 Å². The molecule has 0 unspecified atom stereocenters. The number of hydrogen-bond acceptors (Lipinski definition) is 1. The van der Waals surface area contributed by atoms with Crippen molar-refractivity contribution in [2.24, 2.45) is 0 Å². The summed E-state index contributed by atoms with van der Waals surface area (Å²) in [4.78, 5) is 0. The van der Waals surface area contributed by atoms with Gasteiger partial charge in [-0.2, -0.15) is 18.4 Å². The molecule has 0 radical (unpaired) electrons. The number of halogens is 5. The van der Waals surface area contributed by atoms with E-state index in [0.29, 0.717) is 6.07 Å². The number of nitriles is 1. The first kappa shape index (κ1) is 11.0. The van der Waals surface area contributed by atoms with Gasteiger partial charge in [-0.25, -0.2) is 4.39 Å². The van der Waals surface area contributed by atoms with E-state index in [1.165, 1.54) is 6.07 Å². The summed E-state index contributed by atoms with van der Waals surface area (Å²) in [6, 6.07) is 2.47. The zero-order valence-corrected chi connectivity index (χ0v) is 8.08. The third kappa shape index (κ3) is 2.04. The number of nitrogens with zero attached hydrogens (tertiary/aromatic N) is 1. The smallest absolute Gasteiger partial charge is 0.207 e. The Morgan fingerprint density at radius 1 is 1.29 bits per heavy atom. The predicted octanol–water partition coefficient (Wildman–Crippen LogP) is 3.48. The van der Waals surface area contributed by atoms with E-state index >= 15 is 0 Å². The van der Waals surface area contributed by atoms with E-state index in [9.17, 15) is 17.6 Å². The maximum atomic E-state index is 12.6. The van der Waals surface area contributed by atoms with Crippen LogP contribution in [0.2, 0.25) is 0 Å². The molecule has 0 aliphatic rings. The van der Waals surface area contributed by atoms with E-state index in [1.54, 1.807) is 0 Å². The molecule has 0 atom stereocenters. The Balaban J connectivity index is 3.50. The standard InChI is InChI=1S/C8H2BrF4N/c9-7-2-4(10)1-6(5(7)3-14)8(11,12)13/h1-2H. The average Bonchev–Trinajstić information content (AvgIpc) is 2.01. The highest BCUT2D eigenvalue weighted by molar-refractivity contribution is 9.10. The molecule has 0 saturated carbocycles. The Kier molecular flexibility index (Phi) is 2.81. The molecule has 0 aliphatic heterocycles. The number of alkyl halides is 3. The van der Waals surface area contributed by atoms with E-state index < -0.39 is 23.1 Å². The van der Waals surface area contributed by atoms with Gasteiger partial charge in [-0.15, -0.1) is 0 Å². The topological polar surface area (TPSA) is 23.8 Å². The minimum Gasteiger partial charge on any atom is -0.207 e. The molecule has 0 spiro atoms.